The van der Waals surface area contributed by atoms with Crippen LogP contribution in [-0.2, 0) is 6.54 Å². The first kappa shape index (κ1) is 11.4. The summed E-state index contributed by atoms with van der Waals surface area (Å²) in [7, 11) is 0. The summed E-state index contributed by atoms with van der Waals surface area (Å²) in [5, 5.41) is 9.48. The number of benzene rings is 1. The highest BCUT2D eigenvalue weighted by atomic mass is 16.1. The smallest absolute Gasteiger partial charge is 0.152 e. The van der Waals surface area contributed by atoms with E-state index < -0.39 is 0 Å². The van der Waals surface area contributed by atoms with Gasteiger partial charge in [0.15, 0.2) is 6.29 Å². The molecular formula is C14H14N2O. The van der Waals surface area contributed by atoms with Crippen LogP contribution in [0.15, 0.2) is 30.5 Å². The number of fused-ring (bicyclic) bond motifs is 1. The largest absolute Gasteiger partial charge is 0.347 e. The molecule has 1 heterocycles. The minimum Gasteiger partial charge on any atom is -0.347 e. The third-order valence-electron chi connectivity index (χ3n) is 2.88. The Kier molecular flexibility index (Phi) is 3.56. The van der Waals surface area contributed by atoms with Crippen molar-refractivity contribution < 1.29 is 4.79 Å². The van der Waals surface area contributed by atoms with Crippen LogP contribution in [0.5, 0.6) is 0 Å². The topological polar surface area (TPSA) is 45.8 Å². The molecule has 0 aliphatic rings. The summed E-state index contributed by atoms with van der Waals surface area (Å²) in [6.07, 6.45) is 5.25. The number of hydrogen-bond acceptors (Lipinski definition) is 2. The third kappa shape index (κ3) is 2.36. The van der Waals surface area contributed by atoms with Gasteiger partial charge in [-0.25, -0.2) is 0 Å². The summed E-state index contributed by atoms with van der Waals surface area (Å²) < 4.78 is 2.09. The molecule has 0 unspecified atom stereocenters. The van der Waals surface area contributed by atoms with E-state index in [0.29, 0.717) is 6.42 Å². The van der Waals surface area contributed by atoms with Crippen molar-refractivity contribution in [3.05, 3.63) is 36.0 Å². The zero-order chi connectivity index (χ0) is 12.1. The first-order chi connectivity index (χ1) is 8.36. The average Bonchev–Trinajstić information content (AvgIpc) is 2.73. The van der Waals surface area contributed by atoms with Gasteiger partial charge in [0, 0.05) is 35.6 Å². The van der Waals surface area contributed by atoms with Gasteiger partial charge >= 0.3 is 0 Å². The van der Waals surface area contributed by atoms with Gasteiger partial charge in [0.25, 0.3) is 0 Å². The van der Waals surface area contributed by atoms with E-state index in [0.717, 1.165) is 42.1 Å². The first-order valence-electron chi connectivity index (χ1n) is 5.77. The van der Waals surface area contributed by atoms with Crippen LogP contribution < -0.4 is 0 Å². The Hall–Kier alpha value is -2.08. The number of aryl methyl sites for hydroxylation is 1. The number of para-hydroxylation sites is 1. The predicted octanol–water partition coefficient (Wildman–Crippen LogP) is 3.15. The maximum Gasteiger partial charge on any atom is 0.152 e. The van der Waals surface area contributed by atoms with Gasteiger partial charge in [0.05, 0.1) is 6.07 Å². The van der Waals surface area contributed by atoms with E-state index in [1.807, 2.05) is 30.5 Å². The van der Waals surface area contributed by atoms with Crippen LogP contribution in [0.25, 0.3) is 10.9 Å². The Morgan fingerprint density at radius 3 is 2.88 bits per heavy atom. The van der Waals surface area contributed by atoms with Crippen molar-refractivity contribution in [3.8, 4) is 6.07 Å². The molecule has 1 aromatic carbocycles. The molecule has 17 heavy (non-hydrogen) atoms. The fraction of sp³-hybridized carbons (Fsp3) is 0.286. The Morgan fingerprint density at radius 1 is 1.29 bits per heavy atom. The molecule has 3 heteroatoms. The SMILES string of the molecule is N#CCCCCn1cc(C=O)c2ccccc21. The van der Waals surface area contributed by atoms with Crippen molar-refractivity contribution in [1.29, 1.82) is 5.26 Å². The van der Waals surface area contributed by atoms with Gasteiger partial charge in [-0.2, -0.15) is 5.26 Å². The Morgan fingerprint density at radius 2 is 2.12 bits per heavy atom. The van der Waals surface area contributed by atoms with Crippen LogP contribution >= 0.6 is 0 Å². The Bertz CT molecular complexity index is 563. The predicted molar refractivity (Wildman–Crippen MR) is 66.8 cm³/mol. The summed E-state index contributed by atoms with van der Waals surface area (Å²) >= 11 is 0. The number of carbonyl (C=O) groups excluding carboxylic acids is 1. The highest BCUT2D eigenvalue weighted by Crippen LogP contribution is 2.20. The average molecular weight is 226 g/mol. The van der Waals surface area contributed by atoms with E-state index in [9.17, 15) is 4.79 Å². The second kappa shape index (κ2) is 5.31. The maximum absolute atomic E-state index is 11.0. The number of aromatic nitrogens is 1. The number of rotatable bonds is 5. The van der Waals surface area contributed by atoms with Crippen molar-refractivity contribution in [2.24, 2.45) is 0 Å². The van der Waals surface area contributed by atoms with E-state index >= 15 is 0 Å². The van der Waals surface area contributed by atoms with E-state index in [1.54, 1.807) is 0 Å². The number of carbonyl (C=O) groups is 1. The lowest BCUT2D eigenvalue weighted by Crippen LogP contribution is -1.95. The molecule has 0 N–H and O–H groups in total. The molecular weight excluding hydrogens is 212 g/mol. The number of aldehydes is 1. The van der Waals surface area contributed by atoms with Gasteiger partial charge < -0.3 is 4.57 Å². The molecule has 0 amide bonds. The third-order valence-corrected chi connectivity index (χ3v) is 2.88. The monoisotopic (exact) mass is 226 g/mol. The number of nitriles is 1. The molecule has 86 valence electrons. The molecule has 0 radical (unpaired) electrons. The Balaban J connectivity index is 2.22. The van der Waals surface area contributed by atoms with Crippen molar-refractivity contribution in [2.45, 2.75) is 25.8 Å². The molecule has 0 bridgehead atoms. The van der Waals surface area contributed by atoms with Gasteiger partial charge in [-0.05, 0) is 18.9 Å². The minimum atomic E-state index is 0.597. The quantitative estimate of drug-likeness (QED) is 0.580. The summed E-state index contributed by atoms with van der Waals surface area (Å²) in [4.78, 5) is 11.0. The zero-order valence-electron chi connectivity index (χ0n) is 9.60. The normalized spacial score (nSPS) is 10.3. The lowest BCUT2D eigenvalue weighted by molar-refractivity contribution is 0.112. The molecule has 0 spiro atoms. The van der Waals surface area contributed by atoms with Gasteiger partial charge in [-0.1, -0.05) is 18.2 Å². The van der Waals surface area contributed by atoms with Crippen molar-refractivity contribution in [1.82, 2.24) is 4.57 Å². The van der Waals surface area contributed by atoms with Crippen molar-refractivity contribution >= 4 is 17.2 Å². The second-order valence-electron chi connectivity index (χ2n) is 4.03. The van der Waals surface area contributed by atoms with Crippen LogP contribution in [0.2, 0.25) is 0 Å². The molecule has 2 aromatic rings. The maximum atomic E-state index is 11.0. The molecule has 0 fully saturated rings. The molecule has 0 atom stereocenters. The molecule has 0 aliphatic heterocycles. The highest BCUT2D eigenvalue weighted by Gasteiger charge is 2.06. The number of unbranched alkanes of at least 4 members (excludes halogenated alkanes) is 2. The fourth-order valence-corrected chi connectivity index (χ4v) is 2.04. The summed E-state index contributed by atoms with van der Waals surface area (Å²) in [5.74, 6) is 0. The molecule has 0 saturated carbocycles. The van der Waals surface area contributed by atoms with Crippen LogP contribution in [0, 0.1) is 11.3 Å². The first-order valence-corrected chi connectivity index (χ1v) is 5.77. The van der Waals surface area contributed by atoms with E-state index in [-0.39, 0.29) is 0 Å². The summed E-state index contributed by atoms with van der Waals surface area (Å²) in [5.41, 5.74) is 1.83. The molecule has 2 rings (SSSR count). The van der Waals surface area contributed by atoms with Crippen LogP contribution in [0.3, 0.4) is 0 Å². The van der Waals surface area contributed by atoms with E-state index in [4.69, 9.17) is 5.26 Å². The highest BCUT2D eigenvalue weighted by molar-refractivity contribution is 5.97. The van der Waals surface area contributed by atoms with E-state index in [1.165, 1.54) is 0 Å². The number of hydrogen-bond donors (Lipinski definition) is 0. The molecule has 1 aromatic heterocycles. The molecule has 3 nitrogen and oxygen atoms in total. The minimum absolute atomic E-state index is 0.597. The summed E-state index contributed by atoms with van der Waals surface area (Å²) in [6, 6.07) is 10.0. The van der Waals surface area contributed by atoms with Gasteiger partial charge in [-0.3, -0.25) is 4.79 Å². The second-order valence-corrected chi connectivity index (χ2v) is 4.03. The molecule has 0 aliphatic carbocycles. The van der Waals surface area contributed by atoms with E-state index in [2.05, 4.69) is 10.6 Å². The Labute approximate surface area is 100 Å². The lowest BCUT2D eigenvalue weighted by Gasteiger charge is -2.03. The van der Waals surface area contributed by atoms with Crippen molar-refractivity contribution in [2.75, 3.05) is 0 Å². The fourth-order valence-electron chi connectivity index (χ4n) is 2.04. The van der Waals surface area contributed by atoms with Crippen molar-refractivity contribution in [3.63, 3.8) is 0 Å². The van der Waals surface area contributed by atoms with Gasteiger partial charge in [0.2, 0.25) is 0 Å². The van der Waals surface area contributed by atoms with Crippen LogP contribution in [-0.4, -0.2) is 10.9 Å². The lowest BCUT2D eigenvalue weighted by atomic mass is 10.2. The number of nitrogens with zero attached hydrogens (tertiary/aromatic N) is 2. The summed E-state index contributed by atoms with van der Waals surface area (Å²) in [6.45, 7) is 0.857. The van der Waals surface area contributed by atoms with Gasteiger partial charge in [-0.15, -0.1) is 0 Å². The van der Waals surface area contributed by atoms with Crippen LogP contribution in [0.4, 0.5) is 0 Å². The van der Waals surface area contributed by atoms with Gasteiger partial charge in [0.1, 0.15) is 0 Å². The standard InChI is InChI=1S/C14H14N2O/c15-8-4-1-5-9-16-10-12(11-17)13-6-2-3-7-14(13)16/h2-3,6-7,10-11H,1,4-5,9H2. The van der Waals surface area contributed by atoms with Crippen LogP contribution in [0.1, 0.15) is 29.6 Å². The molecule has 0 saturated heterocycles. The zero-order valence-corrected chi connectivity index (χ0v) is 9.60.